The van der Waals surface area contributed by atoms with Crippen molar-refractivity contribution < 1.29 is 13.0 Å². The van der Waals surface area contributed by atoms with Gasteiger partial charge in [0.2, 0.25) is 11.7 Å². The summed E-state index contributed by atoms with van der Waals surface area (Å²) in [5.74, 6) is 2.13. The van der Waals surface area contributed by atoms with Crippen LogP contribution in [-0.4, -0.2) is 23.9 Å². The Bertz CT molecular complexity index is 2890. The fourth-order valence-corrected chi connectivity index (χ4v) is 7.55. The fourth-order valence-electron chi connectivity index (χ4n) is 7.55. The van der Waals surface area contributed by atoms with Crippen molar-refractivity contribution in [1.82, 2.24) is 23.9 Å². The normalized spacial score (nSPS) is 16.1. The molecule has 0 unspecified atom stereocenters. The van der Waals surface area contributed by atoms with Gasteiger partial charge in [-0.25, -0.2) is 19.5 Å². The Hall–Kier alpha value is -5.75. The fraction of sp³-hybridized carbons (Fsp3) is 0.205. The summed E-state index contributed by atoms with van der Waals surface area (Å²) in [4.78, 5) is 14.6. The third kappa shape index (κ3) is 4.37. The number of imidazole rings is 2. The van der Waals surface area contributed by atoms with E-state index in [2.05, 4.69) is 57.8 Å². The molecule has 6 heteroatoms. The highest BCUT2D eigenvalue weighted by molar-refractivity contribution is 5.92. The first-order valence-electron chi connectivity index (χ1n) is 19.8. The molecule has 3 aromatic heterocycles. The lowest BCUT2D eigenvalue weighted by molar-refractivity contribution is 0.417. The third-order valence-electron chi connectivity index (χ3n) is 10.1. The van der Waals surface area contributed by atoms with Crippen LogP contribution in [0.3, 0.4) is 0 Å². The molecule has 0 spiro atoms. The highest BCUT2D eigenvalue weighted by Crippen LogP contribution is 2.53. The summed E-state index contributed by atoms with van der Waals surface area (Å²) in [5.41, 5.74) is 7.03. The van der Waals surface area contributed by atoms with Gasteiger partial charge in [-0.2, -0.15) is 0 Å². The van der Waals surface area contributed by atoms with Crippen LogP contribution in [0, 0.1) is 13.7 Å². The molecule has 6 nitrogen and oxygen atoms in total. The molecule has 0 fully saturated rings. The molecule has 0 saturated heterocycles. The van der Waals surface area contributed by atoms with Crippen molar-refractivity contribution in [3.8, 4) is 39.8 Å². The van der Waals surface area contributed by atoms with E-state index in [1.165, 1.54) is 6.20 Å². The maximum absolute atomic E-state index is 8.67. The van der Waals surface area contributed by atoms with Crippen molar-refractivity contribution in [1.29, 1.82) is 0 Å². The van der Waals surface area contributed by atoms with E-state index >= 15 is 0 Å². The Kier molecular flexibility index (Phi) is 5.18. The van der Waals surface area contributed by atoms with Gasteiger partial charge >= 0.3 is 0 Å². The molecule has 4 heterocycles. The van der Waals surface area contributed by atoms with E-state index in [0.717, 1.165) is 50.1 Å². The minimum absolute atomic E-state index is 0.00344. The Morgan fingerprint density at radius 3 is 2.28 bits per heavy atom. The van der Waals surface area contributed by atoms with Crippen molar-refractivity contribution in [2.24, 2.45) is 0 Å². The van der Waals surface area contributed by atoms with Crippen molar-refractivity contribution in [2.45, 2.75) is 59.2 Å². The number of nitrogens with zero attached hydrogens (tertiary/aromatic N) is 5. The average molecular weight is 660 g/mol. The van der Waals surface area contributed by atoms with Gasteiger partial charge in [0.15, 0.2) is 0 Å². The van der Waals surface area contributed by atoms with Crippen LogP contribution in [0.25, 0.3) is 56.2 Å². The van der Waals surface area contributed by atoms with Crippen LogP contribution < -0.4 is 4.74 Å². The maximum Gasteiger partial charge on any atom is 0.237 e. The van der Waals surface area contributed by atoms with Gasteiger partial charge in [0.05, 0.1) is 27.8 Å². The quantitative estimate of drug-likeness (QED) is 0.189. The van der Waals surface area contributed by atoms with Gasteiger partial charge in [-0.1, -0.05) is 101 Å². The lowest BCUT2D eigenvalue weighted by atomic mass is 9.72. The van der Waals surface area contributed by atoms with Crippen LogP contribution in [0.5, 0.6) is 11.5 Å². The summed E-state index contributed by atoms with van der Waals surface area (Å²) < 4.78 is 62.4. The summed E-state index contributed by atoms with van der Waals surface area (Å²) in [5, 5.41) is 0. The Balaban J connectivity index is 1.35. The standard InChI is InChI=1S/C44H39N5O/c1-26-20-21-28(38-31(43(3,4)5)22-23-32-40(38)50-37-19-13-8-14-30(37)44(32,6)7)24-29(26)39-27(2)25-45-41(47-39)49-36-18-12-11-17-35(36)48-34-16-10-9-15-33(34)46-42(48)49/h8-25H,1-7H3/i1D3,2D3. The van der Waals surface area contributed by atoms with E-state index < -0.39 is 19.1 Å². The topological polar surface area (TPSA) is 57.2 Å². The van der Waals surface area contributed by atoms with E-state index in [-0.39, 0.29) is 33.7 Å². The lowest BCUT2D eigenvalue weighted by Gasteiger charge is -2.37. The van der Waals surface area contributed by atoms with Crippen LogP contribution >= 0.6 is 0 Å². The Morgan fingerprint density at radius 1 is 0.740 bits per heavy atom. The molecule has 1 aliphatic heterocycles. The summed E-state index contributed by atoms with van der Waals surface area (Å²) in [7, 11) is 0. The molecule has 5 aromatic carbocycles. The zero-order chi connectivity index (χ0) is 39.5. The minimum atomic E-state index is -2.68. The highest BCUT2D eigenvalue weighted by atomic mass is 16.5. The zero-order valence-electron chi connectivity index (χ0n) is 34.5. The van der Waals surface area contributed by atoms with Crippen molar-refractivity contribution >= 4 is 27.8 Å². The van der Waals surface area contributed by atoms with E-state index in [1.807, 2.05) is 71.1 Å². The smallest absolute Gasteiger partial charge is 0.237 e. The number of hydrogen-bond acceptors (Lipinski definition) is 4. The van der Waals surface area contributed by atoms with Crippen LogP contribution in [0.4, 0.5) is 0 Å². The summed E-state index contributed by atoms with van der Waals surface area (Å²) in [6.45, 7) is 5.44. The molecule has 50 heavy (non-hydrogen) atoms. The highest BCUT2D eigenvalue weighted by Gasteiger charge is 2.37. The monoisotopic (exact) mass is 659 g/mol. The molecule has 0 atom stereocenters. The van der Waals surface area contributed by atoms with Crippen LogP contribution in [-0.2, 0) is 10.8 Å². The third-order valence-corrected chi connectivity index (χ3v) is 10.1. The number of ether oxygens (including phenoxy) is 1. The van der Waals surface area contributed by atoms with E-state index in [0.29, 0.717) is 17.1 Å². The molecule has 0 bridgehead atoms. The molecule has 1 aliphatic rings. The maximum atomic E-state index is 8.67. The van der Waals surface area contributed by atoms with Crippen molar-refractivity contribution in [3.63, 3.8) is 0 Å². The molecule has 246 valence electrons. The van der Waals surface area contributed by atoms with Gasteiger partial charge in [0, 0.05) is 42.1 Å². The summed E-state index contributed by atoms with van der Waals surface area (Å²) in [6.07, 6.45) is 1.29. The van der Waals surface area contributed by atoms with Crippen LogP contribution in [0.15, 0.2) is 109 Å². The molecule has 0 saturated carbocycles. The number of benzene rings is 5. The first-order valence-corrected chi connectivity index (χ1v) is 16.8. The average Bonchev–Trinajstić information content (AvgIpc) is 3.67. The molecular weight excluding hydrogens is 615 g/mol. The van der Waals surface area contributed by atoms with Crippen molar-refractivity contribution in [3.05, 3.63) is 137 Å². The van der Waals surface area contributed by atoms with E-state index in [4.69, 9.17) is 22.9 Å². The first-order chi connectivity index (χ1) is 26.4. The number of hydrogen-bond donors (Lipinski definition) is 0. The molecule has 9 rings (SSSR count). The Morgan fingerprint density at radius 2 is 1.48 bits per heavy atom. The molecule has 0 N–H and O–H groups in total. The van der Waals surface area contributed by atoms with Gasteiger partial charge in [-0.05, 0) is 77.8 Å². The predicted octanol–water partition coefficient (Wildman–Crippen LogP) is 10.9. The largest absolute Gasteiger partial charge is 0.456 e. The number of para-hydroxylation sites is 5. The van der Waals surface area contributed by atoms with E-state index in [9.17, 15) is 0 Å². The molecule has 8 aromatic rings. The number of fused-ring (bicyclic) bond motifs is 7. The SMILES string of the molecule is [2H]C([2H])([2H])c1ccc(-c2c(C(C)(C)C)ccc3c2Oc2ccccc2C3(C)C)cc1-c1nc(-n2c3ccccc3n3c4ccccc4nc23)ncc1C([2H])([2H])[2H]. The summed E-state index contributed by atoms with van der Waals surface area (Å²) >= 11 is 0. The van der Waals surface area contributed by atoms with Gasteiger partial charge in [0.25, 0.3) is 0 Å². The van der Waals surface area contributed by atoms with Gasteiger partial charge in [0.1, 0.15) is 11.5 Å². The number of aryl methyl sites for hydroxylation is 2. The minimum Gasteiger partial charge on any atom is -0.456 e. The Labute approximate surface area is 300 Å². The molecule has 0 amide bonds. The number of aromatic nitrogens is 5. The van der Waals surface area contributed by atoms with Gasteiger partial charge in [-0.3, -0.25) is 4.40 Å². The van der Waals surface area contributed by atoms with Gasteiger partial charge < -0.3 is 4.74 Å². The van der Waals surface area contributed by atoms with E-state index in [1.54, 1.807) is 22.8 Å². The first kappa shape index (κ1) is 24.4. The predicted molar refractivity (Wildman–Crippen MR) is 203 cm³/mol. The van der Waals surface area contributed by atoms with Crippen LogP contribution in [0.2, 0.25) is 0 Å². The van der Waals surface area contributed by atoms with Gasteiger partial charge in [-0.15, -0.1) is 0 Å². The molecular formula is C44H39N5O. The van der Waals surface area contributed by atoms with Crippen molar-refractivity contribution in [2.75, 3.05) is 0 Å². The molecule has 0 aliphatic carbocycles. The number of rotatable bonds is 3. The molecule has 0 radical (unpaired) electrons. The summed E-state index contributed by atoms with van der Waals surface area (Å²) in [6, 6.07) is 32.9. The van der Waals surface area contributed by atoms with Crippen LogP contribution in [0.1, 0.15) is 70.7 Å². The second-order valence-electron chi connectivity index (χ2n) is 14.6. The lowest BCUT2D eigenvalue weighted by Crippen LogP contribution is -2.26. The zero-order valence-corrected chi connectivity index (χ0v) is 28.5. The second-order valence-corrected chi connectivity index (χ2v) is 14.6. The second kappa shape index (κ2) is 10.6.